The highest BCUT2D eigenvalue weighted by atomic mass is 15.1. The van der Waals surface area contributed by atoms with Crippen LogP contribution in [0, 0.1) is 6.85 Å². The zero-order valence-electron chi connectivity index (χ0n) is 24.5. The minimum absolute atomic E-state index is 0.0693. The second-order valence-electron chi connectivity index (χ2n) is 10.5. The molecule has 0 N–H and O–H groups in total. The van der Waals surface area contributed by atoms with Crippen molar-refractivity contribution in [3.05, 3.63) is 133 Å². The van der Waals surface area contributed by atoms with Crippen LogP contribution in [0.15, 0.2) is 127 Å². The van der Waals surface area contributed by atoms with Crippen molar-refractivity contribution < 1.29 is 4.11 Å². The van der Waals surface area contributed by atoms with Gasteiger partial charge >= 0.3 is 0 Å². The standard InChI is InChI=1S/C38H24N2/c1-23-39-34-19-8-9-20-35(34)40(23)38-32-15-6-4-13-28(32)37(29-14-5-7-16-33(29)38)31-22-21-30-25-12-3-2-11-24(25)26-17-10-18-27(31)36(26)30/h2-22H,1H3/i1D3. The predicted molar refractivity (Wildman–Crippen MR) is 168 cm³/mol. The van der Waals surface area contributed by atoms with Crippen LogP contribution in [0.5, 0.6) is 0 Å². The molecular formula is C38H24N2. The first-order valence-electron chi connectivity index (χ1n) is 15.1. The Balaban J connectivity index is 1.45. The lowest BCUT2D eigenvalue weighted by Crippen LogP contribution is -2.01. The van der Waals surface area contributed by atoms with Gasteiger partial charge in [0.2, 0.25) is 0 Å². The van der Waals surface area contributed by atoms with Crippen LogP contribution in [0.4, 0.5) is 0 Å². The number of hydrogen-bond acceptors (Lipinski definition) is 1. The van der Waals surface area contributed by atoms with Crippen molar-refractivity contribution in [2.75, 3.05) is 0 Å². The number of benzene rings is 7. The first-order chi connectivity index (χ1) is 21.0. The average molecular weight is 512 g/mol. The van der Waals surface area contributed by atoms with Gasteiger partial charge in [-0.05, 0) is 73.9 Å². The van der Waals surface area contributed by atoms with Gasteiger partial charge in [-0.1, -0.05) is 115 Å². The van der Waals surface area contributed by atoms with E-state index in [9.17, 15) is 0 Å². The molecule has 0 amide bonds. The first kappa shape index (κ1) is 18.9. The third-order valence-corrected chi connectivity index (χ3v) is 8.50. The van der Waals surface area contributed by atoms with Crippen LogP contribution in [-0.2, 0) is 0 Å². The molecule has 2 heteroatoms. The van der Waals surface area contributed by atoms with Crippen LogP contribution < -0.4 is 0 Å². The maximum Gasteiger partial charge on any atom is 0.111 e. The smallest absolute Gasteiger partial charge is 0.111 e. The fourth-order valence-corrected chi connectivity index (χ4v) is 6.92. The Bertz CT molecular complexity index is 2360. The van der Waals surface area contributed by atoms with E-state index < -0.39 is 6.85 Å². The number of nitrogens with zero attached hydrogens (tertiary/aromatic N) is 2. The van der Waals surface area contributed by atoms with E-state index in [1.807, 2.05) is 41.0 Å². The van der Waals surface area contributed by atoms with Gasteiger partial charge in [0.15, 0.2) is 0 Å². The maximum atomic E-state index is 8.43. The molecule has 0 radical (unpaired) electrons. The molecule has 7 aromatic carbocycles. The van der Waals surface area contributed by atoms with Crippen molar-refractivity contribution in [1.29, 1.82) is 0 Å². The highest BCUT2D eigenvalue weighted by Crippen LogP contribution is 2.51. The second kappa shape index (κ2) is 7.91. The monoisotopic (exact) mass is 511 g/mol. The fraction of sp³-hybridized carbons (Fsp3) is 0.0263. The van der Waals surface area contributed by atoms with Crippen molar-refractivity contribution in [3.63, 3.8) is 0 Å². The Morgan fingerprint density at radius 1 is 0.500 bits per heavy atom. The summed E-state index contributed by atoms with van der Waals surface area (Å²) in [5.41, 5.74) is 9.67. The molecule has 2 nitrogen and oxygen atoms in total. The van der Waals surface area contributed by atoms with Crippen molar-refractivity contribution in [2.45, 2.75) is 6.85 Å². The SMILES string of the molecule is [2H]C([2H])([2H])c1nc2ccccc2n1-c1c2ccccc2c(-c2ccc3c4c(cccc24)-c2ccccc2-3)c2ccccc12. The lowest BCUT2D eigenvalue weighted by atomic mass is 9.87. The van der Waals surface area contributed by atoms with E-state index in [0.717, 1.165) is 38.3 Å². The minimum Gasteiger partial charge on any atom is -0.295 e. The number of para-hydroxylation sites is 2. The number of rotatable bonds is 2. The van der Waals surface area contributed by atoms with E-state index in [-0.39, 0.29) is 5.82 Å². The molecule has 1 aromatic heterocycles. The molecule has 40 heavy (non-hydrogen) atoms. The Hall–Kier alpha value is -5.21. The van der Waals surface area contributed by atoms with Crippen molar-refractivity contribution in [2.24, 2.45) is 0 Å². The van der Waals surface area contributed by atoms with E-state index >= 15 is 0 Å². The summed E-state index contributed by atoms with van der Waals surface area (Å²) < 4.78 is 27.2. The molecule has 9 rings (SSSR count). The zero-order chi connectivity index (χ0) is 28.9. The molecule has 186 valence electrons. The molecule has 1 aliphatic rings. The Morgan fingerprint density at radius 2 is 1.05 bits per heavy atom. The molecule has 0 fully saturated rings. The molecule has 0 bridgehead atoms. The normalized spacial score (nSPS) is 13.6. The molecule has 0 aliphatic heterocycles. The van der Waals surface area contributed by atoms with E-state index in [0.29, 0.717) is 5.52 Å². The van der Waals surface area contributed by atoms with E-state index in [1.165, 1.54) is 38.6 Å². The quantitative estimate of drug-likeness (QED) is 0.211. The minimum atomic E-state index is -2.40. The first-order valence-corrected chi connectivity index (χ1v) is 13.6. The fourth-order valence-electron chi connectivity index (χ4n) is 6.92. The van der Waals surface area contributed by atoms with Gasteiger partial charge in [-0.3, -0.25) is 4.57 Å². The lowest BCUT2D eigenvalue weighted by Gasteiger charge is -2.20. The topological polar surface area (TPSA) is 17.8 Å². The molecule has 0 unspecified atom stereocenters. The van der Waals surface area contributed by atoms with Gasteiger partial charge < -0.3 is 0 Å². The van der Waals surface area contributed by atoms with Crippen LogP contribution in [-0.4, -0.2) is 9.55 Å². The summed E-state index contributed by atoms with van der Waals surface area (Å²) in [5.74, 6) is 0.0693. The molecule has 0 atom stereocenters. The van der Waals surface area contributed by atoms with Crippen molar-refractivity contribution in [1.82, 2.24) is 9.55 Å². The summed E-state index contributed by atoms with van der Waals surface area (Å²) in [7, 11) is 0. The lowest BCUT2D eigenvalue weighted by molar-refractivity contribution is 1.02. The second-order valence-corrected chi connectivity index (χ2v) is 10.5. The molecule has 1 heterocycles. The van der Waals surface area contributed by atoms with Crippen LogP contribution in [0.1, 0.15) is 9.94 Å². The molecule has 0 spiro atoms. The number of imidazole rings is 1. The predicted octanol–water partition coefficient (Wildman–Crippen LogP) is 10.1. The van der Waals surface area contributed by atoms with Gasteiger partial charge in [-0.25, -0.2) is 4.98 Å². The summed E-state index contributed by atoms with van der Waals surface area (Å²) in [6.45, 7) is -2.40. The van der Waals surface area contributed by atoms with E-state index in [1.54, 1.807) is 0 Å². The third-order valence-electron chi connectivity index (χ3n) is 8.50. The van der Waals surface area contributed by atoms with Crippen LogP contribution >= 0.6 is 0 Å². The molecular weight excluding hydrogens is 484 g/mol. The summed E-state index contributed by atoms with van der Waals surface area (Å²) >= 11 is 0. The largest absolute Gasteiger partial charge is 0.295 e. The maximum absolute atomic E-state index is 8.43. The van der Waals surface area contributed by atoms with Gasteiger partial charge in [0.25, 0.3) is 0 Å². The van der Waals surface area contributed by atoms with E-state index in [4.69, 9.17) is 4.11 Å². The van der Waals surface area contributed by atoms with Crippen LogP contribution in [0.3, 0.4) is 0 Å². The summed E-state index contributed by atoms with van der Waals surface area (Å²) in [5, 5.41) is 6.60. The average Bonchev–Trinajstić information content (AvgIpc) is 3.58. The molecule has 0 saturated carbocycles. The van der Waals surface area contributed by atoms with Crippen LogP contribution in [0.25, 0.3) is 82.4 Å². The van der Waals surface area contributed by atoms with Gasteiger partial charge in [0.1, 0.15) is 5.82 Å². The van der Waals surface area contributed by atoms with Crippen LogP contribution in [0.2, 0.25) is 0 Å². The van der Waals surface area contributed by atoms with Gasteiger partial charge in [0.05, 0.1) is 16.7 Å². The highest BCUT2D eigenvalue weighted by molar-refractivity contribution is 6.25. The van der Waals surface area contributed by atoms with Gasteiger partial charge in [-0.15, -0.1) is 0 Å². The molecule has 8 aromatic rings. The number of hydrogen-bond donors (Lipinski definition) is 0. The summed E-state index contributed by atoms with van der Waals surface area (Å²) in [6, 6.07) is 44.2. The van der Waals surface area contributed by atoms with E-state index in [2.05, 4.69) is 96.0 Å². The Kier molecular flexibility index (Phi) is 3.74. The Morgan fingerprint density at radius 3 is 1.77 bits per heavy atom. The van der Waals surface area contributed by atoms with Crippen molar-refractivity contribution >= 4 is 43.4 Å². The number of fused-ring (bicyclic) bond motifs is 6. The highest BCUT2D eigenvalue weighted by Gasteiger charge is 2.25. The van der Waals surface area contributed by atoms with Gasteiger partial charge in [-0.2, -0.15) is 0 Å². The number of aromatic nitrogens is 2. The zero-order valence-corrected chi connectivity index (χ0v) is 21.5. The summed E-state index contributed by atoms with van der Waals surface area (Å²) in [4.78, 5) is 4.64. The third kappa shape index (κ3) is 2.75. The molecule has 0 saturated heterocycles. The summed E-state index contributed by atoms with van der Waals surface area (Å²) in [6.07, 6.45) is 0. The van der Waals surface area contributed by atoms with Gasteiger partial charge in [0, 0.05) is 14.9 Å². The molecule has 1 aliphatic carbocycles. The van der Waals surface area contributed by atoms with Crippen molar-refractivity contribution in [3.8, 4) is 39.1 Å². The number of aryl methyl sites for hydroxylation is 1. The Labute approximate surface area is 236 Å².